The van der Waals surface area contributed by atoms with Crippen LogP contribution in [0.2, 0.25) is 15.1 Å². The Morgan fingerprint density at radius 1 is 0.441 bits per heavy atom. The Balaban J connectivity index is 0.000000220. The summed E-state index contributed by atoms with van der Waals surface area (Å²) in [6.07, 6.45) is -0.0477. The quantitative estimate of drug-likeness (QED) is 0.0443. The first-order valence-electron chi connectivity index (χ1n) is 31.3. The molecule has 0 saturated heterocycles. The number of halogens is 3. The second-order valence-corrected chi connectivity index (χ2v) is 32.7. The molecule has 0 bridgehead atoms. The standard InChI is InChI=1S/C29H36ClN3O8S.C23H26ClN3O6S.C17H16ClN3O4S/c1-18(2)38-23-14-11-20(15-22(23)30)26-31-27(41-32-26)19-9-12-21(13-10-19)42(36,37)33(16-24(34)39-28(3,4)5)17-25(35)40-29(6,7)8;1-14(2)31-19-11-8-16(12-18(19)24)21-26-22(33-27-21)15-6-9-17(10-7-15)34(29,30)25-13-20(28)32-23(3,4)5;1-10(2)24-15-8-5-12(9-14(15)18)16-20-17(25-21-16)11-3-6-13(7-4-11)26(19,22)23/h9-15,18H,16-17H2,1-8H3;6-12,14,25H,13H2,1-5H3;3-10H,1-2H3,(H2,19,22,23). The molecule has 0 atom stereocenters. The molecule has 9 aromatic rings. The number of rotatable bonds is 23. The number of esters is 3. The Hall–Kier alpha value is -8.85. The van der Waals surface area contributed by atoms with E-state index in [0.717, 1.165) is 4.31 Å². The number of carbonyl (C=O) groups excluding carboxylic acids is 3. The van der Waals surface area contributed by atoms with E-state index in [2.05, 4.69) is 35.1 Å². The zero-order valence-corrected chi connectivity index (χ0v) is 63.1. The molecule has 3 N–H and O–H groups in total. The van der Waals surface area contributed by atoms with Crippen molar-refractivity contribution in [1.29, 1.82) is 0 Å². The van der Waals surface area contributed by atoms with Gasteiger partial charge in [-0.3, -0.25) is 14.4 Å². The highest BCUT2D eigenvalue weighted by Crippen LogP contribution is 2.35. The van der Waals surface area contributed by atoms with Crippen LogP contribution in [0.4, 0.5) is 0 Å². The average Bonchev–Trinajstić information content (AvgIpc) is 1.13. The van der Waals surface area contributed by atoms with Gasteiger partial charge in [0.1, 0.15) is 53.7 Å². The van der Waals surface area contributed by atoms with E-state index in [4.69, 9.17) is 81.9 Å². The molecule has 0 radical (unpaired) electrons. The van der Waals surface area contributed by atoms with Crippen molar-refractivity contribution in [2.45, 2.75) is 154 Å². The van der Waals surface area contributed by atoms with Crippen LogP contribution in [0.5, 0.6) is 17.2 Å². The SMILES string of the molecule is CC(C)Oc1ccc(-c2noc(-c3ccc(S(=O)(=O)N(CC(=O)OC(C)(C)C)CC(=O)OC(C)(C)C)cc3)n2)cc1Cl.CC(C)Oc1ccc(-c2noc(-c3ccc(S(=O)(=O)NCC(=O)OC(C)(C)C)cc3)n2)cc1Cl.CC(C)Oc1ccc(-c2noc(-c3ccc(S(N)(=O)=O)cc3)n2)cc1Cl. The molecular weight excluding hydrogens is 1450 g/mol. The van der Waals surface area contributed by atoms with Gasteiger partial charge in [-0.15, -0.1) is 0 Å². The molecule has 0 spiro atoms. The molecule has 0 amide bonds. The van der Waals surface area contributed by atoms with Gasteiger partial charge >= 0.3 is 17.9 Å². The first-order chi connectivity index (χ1) is 47.4. The summed E-state index contributed by atoms with van der Waals surface area (Å²) in [4.78, 5) is 49.8. The number of benzene rings is 6. The lowest BCUT2D eigenvalue weighted by Gasteiger charge is -2.26. The van der Waals surface area contributed by atoms with Crippen LogP contribution in [0.25, 0.3) is 68.5 Å². The number of ether oxygens (including phenoxy) is 6. The number of hydrogen-bond donors (Lipinski definition) is 2. The third-order valence-electron chi connectivity index (χ3n) is 12.8. The Labute approximate surface area is 606 Å². The second-order valence-electron chi connectivity index (χ2n) is 26.2. The molecule has 0 aliphatic heterocycles. The molecule has 9 rings (SSSR count). The molecule has 27 nitrogen and oxygen atoms in total. The van der Waals surface area contributed by atoms with Gasteiger partial charge in [0.05, 0.1) is 48.1 Å². The number of nitrogens with zero attached hydrogens (tertiary/aromatic N) is 7. The van der Waals surface area contributed by atoms with Gasteiger partial charge in [-0.05, 0) is 231 Å². The minimum Gasteiger partial charge on any atom is -0.489 e. The fraction of sp³-hybridized carbons (Fsp3) is 0.348. The maximum absolute atomic E-state index is 13.5. The minimum atomic E-state index is -4.32. The molecule has 3 aromatic heterocycles. The Morgan fingerprint density at radius 3 is 1.01 bits per heavy atom. The van der Waals surface area contributed by atoms with Gasteiger partial charge in [0, 0.05) is 33.4 Å². The van der Waals surface area contributed by atoms with E-state index in [1.165, 1.54) is 60.7 Å². The van der Waals surface area contributed by atoms with Crippen molar-refractivity contribution >= 4 is 82.8 Å². The first-order valence-corrected chi connectivity index (χ1v) is 36.9. The monoisotopic (exact) mass is 1520 g/mol. The highest BCUT2D eigenvalue weighted by Gasteiger charge is 2.33. The summed E-state index contributed by atoms with van der Waals surface area (Å²) in [6, 6.07) is 32.8. The molecule has 546 valence electrons. The number of hydrogen-bond acceptors (Lipinski definition) is 24. The zero-order valence-electron chi connectivity index (χ0n) is 58.4. The highest BCUT2D eigenvalue weighted by molar-refractivity contribution is 7.90. The fourth-order valence-electron chi connectivity index (χ4n) is 8.70. The van der Waals surface area contributed by atoms with E-state index in [1.54, 1.807) is 129 Å². The van der Waals surface area contributed by atoms with Crippen LogP contribution in [0.15, 0.2) is 156 Å². The molecule has 33 heteroatoms. The van der Waals surface area contributed by atoms with E-state index >= 15 is 0 Å². The van der Waals surface area contributed by atoms with Crippen molar-refractivity contribution in [3.05, 3.63) is 142 Å². The van der Waals surface area contributed by atoms with Crippen LogP contribution in [0.3, 0.4) is 0 Å². The van der Waals surface area contributed by atoms with Crippen LogP contribution in [0.1, 0.15) is 104 Å². The fourth-order valence-corrected chi connectivity index (χ4v) is 12.2. The smallest absolute Gasteiger partial charge is 0.321 e. The summed E-state index contributed by atoms with van der Waals surface area (Å²) in [6.45, 7) is 24.6. The van der Waals surface area contributed by atoms with E-state index in [9.17, 15) is 39.6 Å². The minimum absolute atomic E-state index is 0.00788. The number of primary sulfonamides is 1. The first kappa shape index (κ1) is 80.5. The van der Waals surface area contributed by atoms with Crippen LogP contribution >= 0.6 is 34.8 Å². The van der Waals surface area contributed by atoms with Crippen molar-refractivity contribution < 1.29 is 81.6 Å². The Kier molecular flexibility index (Phi) is 26.4. The van der Waals surface area contributed by atoms with Gasteiger partial charge in [-0.2, -0.15) is 24.0 Å². The molecule has 0 aliphatic carbocycles. The summed E-state index contributed by atoms with van der Waals surface area (Å²) in [5.41, 5.74) is 1.05. The summed E-state index contributed by atoms with van der Waals surface area (Å²) in [5, 5.41) is 18.3. The van der Waals surface area contributed by atoms with Crippen LogP contribution in [-0.2, 0) is 58.7 Å². The second kappa shape index (κ2) is 33.5. The molecule has 0 unspecified atom stereocenters. The van der Waals surface area contributed by atoms with Gasteiger partial charge in [-0.1, -0.05) is 50.3 Å². The zero-order chi connectivity index (χ0) is 75.5. The molecule has 6 aromatic carbocycles. The van der Waals surface area contributed by atoms with E-state index in [0.29, 0.717) is 77.3 Å². The maximum Gasteiger partial charge on any atom is 0.321 e. The molecule has 0 aliphatic rings. The van der Waals surface area contributed by atoms with E-state index < -0.39 is 84.4 Å². The summed E-state index contributed by atoms with van der Waals surface area (Å²) in [5.74, 6) is 0.929. The van der Waals surface area contributed by atoms with Crippen molar-refractivity contribution in [3.63, 3.8) is 0 Å². The Morgan fingerprint density at radius 2 is 0.725 bits per heavy atom. The molecular formula is C69H78Cl3N9O18S3. The van der Waals surface area contributed by atoms with Crippen molar-refractivity contribution in [2.24, 2.45) is 5.14 Å². The van der Waals surface area contributed by atoms with Gasteiger partial charge in [0.15, 0.2) is 0 Å². The number of aromatic nitrogens is 6. The third kappa shape index (κ3) is 23.9. The molecule has 0 fully saturated rings. The Bertz CT molecular complexity index is 4730. The normalized spacial score (nSPS) is 12.1. The van der Waals surface area contributed by atoms with Crippen LogP contribution in [0, 0.1) is 0 Å². The lowest BCUT2D eigenvalue weighted by atomic mass is 10.2. The molecule has 3 heterocycles. The van der Waals surface area contributed by atoms with Gasteiger partial charge < -0.3 is 42.0 Å². The van der Waals surface area contributed by atoms with Crippen LogP contribution in [-0.4, -0.2) is 133 Å². The summed E-state index contributed by atoms with van der Waals surface area (Å²) < 4.78 is 126. The van der Waals surface area contributed by atoms with Crippen LogP contribution < -0.4 is 24.1 Å². The summed E-state index contributed by atoms with van der Waals surface area (Å²) >= 11 is 18.8. The number of nitrogens with two attached hydrogens (primary N) is 1. The highest BCUT2D eigenvalue weighted by atomic mass is 35.5. The summed E-state index contributed by atoms with van der Waals surface area (Å²) in [7, 11) is -12.0. The lowest BCUT2D eigenvalue weighted by molar-refractivity contribution is -0.158. The largest absolute Gasteiger partial charge is 0.489 e. The van der Waals surface area contributed by atoms with Gasteiger partial charge in [0.25, 0.3) is 17.7 Å². The van der Waals surface area contributed by atoms with Crippen molar-refractivity contribution in [1.82, 2.24) is 39.4 Å². The topological polar surface area (TPSA) is 367 Å². The number of nitrogens with one attached hydrogen (secondary N) is 1. The van der Waals surface area contributed by atoms with Gasteiger partial charge in [0.2, 0.25) is 47.5 Å². The van der Waals surface area contributed by atoms with Crippen molar-refractivity contribution in [3.8, 4) is 85.8 Å². The van der Waals surface area contributed by atoms with E-state index in [-0.39, 0.29) is 56.5 Å². The number of carbonyl (C=O) groups is 3. The number of sulfonamides is 3. The predicted molar refractivity (Wildman–Crippen MR) is 381 cm³/mol. The predicted octanol–water partition coefficient (Wildman–Crippen LogP) is 13.5. The van der Waals surface area contributed by atoms with Crippen molar-refractivity contribution in [2.75, 3.05) is 19.6 Å². The third-order valence-corrected chi connectivity index (χ3v) is 17.8. The van der Waals surface area contributed by atoms with E-state index in [1.807, 2.05) is 41.5 Å². The lowest BCUT2D eigenvalue weighted by Crippen LogP contribution is -2.43. The molecule has 102 heavy (non-hydrogen) atoms. The van der Waals surface area contributed by atoms with Gasteiger partial charge in [-0.25, -0.2) is 30.4 Å². The average molecular weight is 1520 g/mol. The maximum atomic E-state index is 13.5. The molecule has 0 saturated carbocycles.